The number of unbranched alkanes of at least 4 members (excludes halogenated alkanes) is 2. The number of hydrogen-bond donors (Lipinski definition) is 1. The van der Waals surface area contributed by atoms with Crippen LogP contribution in [0.15, 0.2) is 4.90 Å². The molecule has 0 saturated carbocycles. The average molecular weight is 294 g/mol. The average Bonchev–Trinajstić information content (AvgIpc) is 2.62. The molecule has 1 rings (SSSR count). The molecule has 19 heavy (non-hydrogen) atoms. The molecule has 0 atom stereocenters. The van der Waals surface area contributed by atoms with Crippen molar-refractivity contribution in [1.29, 1.82) is 0 Å². The van der Waals surface area contributed by atoms with Crippen molar-refractivity contribution >= 4 is 15.8 Å². The van der Waals surface area contributed by atoms with E-state index in [2.05, 4.69) is 5.10 Å². The number of hydrogen-bond acceptors (Lipinski definition) is 5. The smallest absolute Gasteiger partial charge is 0.358 e. The minimum atomic E-state index is -4.21. The first-order valence-corrected chi connectivity index (χ1v) is 7.14. The van der Waals surface area contributed by atoms with Crippen LogP contribution in [0.5, 0.6) is 0 Å². The van der Waals surface area contributed by atoms with Crippen molar-refractivity contribution in [2.24, 2.45) is 5.14 Å². The number of alkyl halides is 1. The number of sulfonamides is 1. The Hall–Kier alpha value is -1.55. The first kappa shape index (κ1) is 15.5. The van der Waals surface area contributed by atoms with Crippen LogP contribution in [0.2, 0.25) is 0 Å². The van der Waals surface area contributed by atoms with Crippen LogP contribution >= 0.6 is 0 Å². The number of nitrogens with two attached hydrogens (primary N) is 1. The van der Waals surface area contributed by atoms with E-state index in [1.54, 1.807) is 0 Å². The zero-order valence-corrected chi connectivity index (χ0v) is 11.2. The Morgan fingerprint density at radius 3 is 2.47 bits per heavy atom. The van der Waals surface area contributed by atoms with E-state index in [0.717, 1.165) is 0 Å². The third-order valence-corrected chi connectivity index (χ3v) is 3.64. The molecule has 2 N–H and O–H groups in total. The number of aromatic nitrogens is 2. The van der Waals surface area contributed by atoms with Gasteiger partial charge in [0.1, 0.15) is 0 Å². The van der Waals surface area contributed by atoms with Crippen molar-refractivity contribution in [2.75, 3.05) is 6.67 Å². The summed E-state index contributed by atoms with van der Waals surface area (Å²) < 4.78 is 35.8. The van der Waals surface area contributed by atoms with Crippen LogP contribution in [0.3, 0.4) is 0 Å². The third-order valence-electron chi connectivity index (χ3n) is 2.60. The van der Waals surface area contributed by atoms with Crippen molar-refractivity contribution in [3.63, 3.8) is 0 Å². The highest BCUT2D eigenvalue weighted by atomic mass is 32.2. The first-order chi connectivity index (χ1) is 8.79. The lowest BCUT2D eigenvalue weighted by molar-refractivity contribution is -0.392. The molecule has 0 fully saturated rings. The summed E-state index contributed by atoms with van der Waals surface area (Å²) in [5, 5.41) is 19.4. The van der Waals surface area contributed by atoms with Crippen LogP contribution in [0.1, 0.15) is 25.0 Å². The lowest BCUT2D eigenvalue weighted by Crippen LogP contribution is -2.15. The highest BCUT2D eigenvalue weighted by Crippen LogP contribution is 2.25. The SMILES string of the molecule is Cc1c(S(N)(=O)=O)c([N+](=O)[O-])nn1CCCCCF. The molecule has 1 heterocycles. The van der Waals surface area contributed by atoms with Crippen LogP contribution < -0.4 is 5.14 Å². The Kier molecular flexibility index (Phi) is 4.95. The molecular weight excluding hydrogens is 279 g/mol. The Morgan fingerprint density at radius 2 is 2.05 bits per heavy atom. The molecule has 0 aliphatic heterocycles. The summed E-state index contributed by atoms with van der Waals surface area (Å²) in [4.78, 5) is 9.32. The molecule has 0 aromatic carbocycles. The largest absolute Gasteiger partial charge is 0.410 e. The Labute approximate surface area is 109 Å². The lowest BCUT2D eigenvalue weighted by Gasteiger charge is -1.99. The summed E-state index contributed by atoms with van der Waals surface area (Å²) in [6, 6.07) is 0. The van der Waals surface area contributed by atoms with Gasteiger partial charge in [-0.15, -0.1) is 0 Å². The van der Waals surface area contributed by atoms with E-state index in [1.807, 2.05) is 0 Å². The van der Waals surface area contributed by atoms with Gasteiger partial charge in [0.05, 0.1) is 24.0 Å². The molecule has 0 bridgehead atoms. The summed E-state index contributed by atoms with van der Waals surface area (Å²) in [6.07, 6.45) is 1.53. The Balaban J connectivity index is 3.06. The van der Waals surface area contributed by atoms with E-state index < -0.39 is 32.3 Å². The van der Waals surface area contributed by atoms with Gasteiger partial charge in [-0.25, -0.2) is 13.6 Å². The topological polar surface area (TPSA) is 121 Å². The standard InChI is InChI=1S/C9H15FN4O4S/c1-7-8(19(11,17)18)9(14(15)16)12-13(7)6-4-2-3-5-10/h2-6H2,1H3,(H2,11,17,18). The highest BCUT2D eigenvalue weighted by molar-refractivity contribution is 7.89. The molecular formula is C9H15FN4O4S. The molecule has 1 aromatic heterocycles. The van der Waals surface area contributed by atoms with E-state index in [1.165, 1.54) is 11.6 Å². The summed E-state index contributed by atoms with van der Waals surface area (Å²) in [5.74, 6) is -0.773. The van der Waals surface area contributed by atoms with Gasteiger partial charge in [-0.1, -0.05) is 0 Å². The highest BCUT2D eigenvalue weighted by Gasteiger charge is 2.32. The van der Waals surface area contributed by atoms with Gasteiger partial charge in [0.25, 0.3) is 0 Å². The van der Waals surface area contributed by atoms with Gasteiger partial charge in [-0.3, -0.25) is 4.39 Å². The van der Waals surface area contributed by atoms with E-state index in [0.29, 0.717) is 19.3 Å². The monoisotopic (exact) mass is 294 g/mol. The van der Waals surface area contributed by atoms with Crippen LogP contribution in [0.25, 0.3) is 0 Å². The van der Waals surface area contributed by atoms with Crippen molar-refractivity contribution in [2.45, 2.75) is 37.6 Å². The quantitative estimate of drug-likeness (QED) is 0.454. The zero-order valence-electron chi connectivity index (χ0n) is 10.4. The van der Waals surface area contributed by atoms with Gasteiger partial charge >= 0.3 is 5.82 Å². The molecule has 10 heteroatoms. The molecule has 0 radical (unpaired) electrons. The molecule has 108 valence electrons. The number of nitrogens with zero attached hydrogens (tertiary/aromatic N) is 3. The Bertz CT molecular complexity index is 569. The van der Waals surface area contributed by atoms with Gasteiger partial charge in [-0.05, 0) is 31.1 Å². The lowest BCUT2D eigenvalue weighted by atomic mass is 10.2. The zero-order chi connectivity index (χ0) is 14.6. The van der Waals surface area contributed by atoms with E-state index in [4.69, 9.17) is 5.14 Å². The molecule has 8 nitrogen and oxygen atoms in total. The molecule has 0 saturated heterocycles. The molecule has 0 unspecified atom stereocenters. The van der Waals surface area contributed by atoms with Gasteiger partial charge in [0.2, 0.25) is 14.9 Å². The molecule has 0 spiro atoms. The second-order valence-electron chi connectivity index (χ2n) is 4.01. The summed E-state index contributed by atoms with van der Waals surface area (Å²) in [5.41, 5.74) is 0.120. The number of aryl methyl sites for hydroxylation is 1. The maximum atomic E-state index is 11.9. The van der Waals surface area contributed by atoms with Gasteiger partial charge in [0, 0.05) is 0 Å². The van der Waals surface area contributed by atoms with E-state index >= 15 is 0 Å². The Morgan fingerprint density at radius 1 is 1.42 bits per heavy atom. The molecule has 0 aliphatic rings. The number of nitro groups is 1. The van der Waals surface area contributed by atoms with Gasteiger partial charge < -0.3 is 10.1 Å². The van der Waals surface area contributed by atoms with Gasteiger partial charge in [0.15, 0.2) is 0 Å². The van der Waals surface area contributed by atoms with Crippen LogP contribution in [0, 0.1) is 17.0 Å². The minimum Gasteiger partial charge on any atom is -0.358 e. The maximum Gasteiger partial charge on any atom is 0.410 e. The third kappa shape index (κ3) is 3.70. The van der Waals surface area contributed by atoms with Gasteiger partial charge in [-0.2, -0.15) is 4.68 Å². The van der Waals surface area contributed by atoms with Crippen molar-refractivity contribution in [1.82, 2.24) is 9.78 Å². The maximum absolute atomic E-state index is 11.9. The van der Waals surface area contributed by atoms with E-state index in [9.17, 15) is 22.9 Å². The number of halogens is 1. The number of primary sulfonamides is 1. The minimum absolute atomic E-state index is 0.120. The molecule has 0 amide bonds. The van der Waals surface area contributed by atoms with E-state index in [-0.39, 0.29) is 12.2 Å². The summed E-state index contributed by atoms with van der Waals surface area (Å²) in [7, 11) is -4.21. The summed E-state index contributed by atoms with van der Waals surface area (Å²) >= 11 is 0. The second-order valence-corrected chi connectivity index (χ2v) is 5.51. The number of rotatable bonds is 7. The predicted octanol–water partition coefficient (Wildman–Crippen LogP) is 0.887. The van der Waals surface area contributed by atoms with Crippen LogP contribution in [0.4, 0.5) is 10.2 Å². The normalized spacial score (nSPS) is 11.7. The first-order valence-electron chi connectivity index (χ1n) is 5.59. The van der Waals surface area contributed by atoms with Crippen LogP contribution in [-0.4, -0.2) is 29.8 Å². The fraction of sp³-hybridized carbons (Fsp3) is 0.667. The predicted molar refractivity (Wildman–Crippen MR) is 64.8 cm³/mol. The fourth-order valence-electron chi connectivity index (χ4n) is 1.72. The van der Waals surface area contributed by atoms with Crippen LogP contribution in [-0.2, 0) is 16.6 Å². The fourth-order valence-corrected chi connectivity index (χ4v) is 2.60. The van der Waals surface area contributed by atoms with Crippen molar-refractivity contribution < 1.29 is 17.7 Å². The van der Waals surface area contributed by atoms with Crippen molar-refractivity contribution in [3.8, 4) is 0 Å². The molecule has 0 aliphatic carbocycles. The second kappa shape index (κ2) is 6.06. The van der Waals surface area contributed by atoms with Crippen molar-refractivity contribution in [3.05, 3.63) is 15.8 Å². The molecule has 1 aromatic rings. The summed E-state index contributed by atoms with van der Waals surface area (Å²) in [6.45, 7) is 1.25.